The van der Waals surface area contributed by atoms with Gasteiger partial charge in [0.05, 0.1) is 11.6 Å². The molecule has 5 rings (SSSR count). The van der Waals surface area contributed by atoms with E-state index < -0.39 is 0 Å². The molecule has 180 valence electrons. The van der Waals surface area contributed by atoms with Crippen LogP contribution in [-0.2, 0) is 11.3 Å². The maximum Gasteiger partial charge on any atom is 0.410 e. The Morgan fingerprint density at radius 2 is 1.77 bits per heavy atom. The lowest BCUT2D eigenvalue weighted by Gasteiger charge is -2.22. The standard InChI is InChI=1S/C26H28N6O3/c1-15(2)22-7-18(9-27)16(3)6-19(22)14-35-26(34)32-12-20-10-31(11-21(20)13-32)25(33)17-4-5-23-24(8-17)29-30-28-23/h4-8,15,20-21H,10-14H2,1-3H3,(H,28,29,30). The number of likely N-dealkylation sites (tertiary alicyclic amines) is 2. The van der Waals surface area contributed by atoms with Gasteiger partial charge in [-0.1, -0.05) is 19.9 Å². The lowest BCUT2D eigenvalue weighted by Crippen LogP contribution is -2.35. The summed E-state index contributed by atoms with van der Waals surface area (Å²) in [5, 5.41) is 20.0. The van der Waals surface area contributed by atoms with E-state index in [2.05, 4.69) is 35.3 Å². The van der Waals surface area contributed by atoms with Gasteiger partial charge in [0.1, 0.15) is 17.6 Å². The SMILES string of the molecule is Cc1cc(COC(=O)N2CC3CN(C(=O)c4ccc5n[nH]nc5c4)CC3C2)c(C(C)C)cc1C#N. The highest BCUT2D eigenvalue weighted by Gasteiger charge is 2.43. The average molecular weight is 473 g/mol. The minimum absolute atomic E-state index is 0.0178. The Balaban J connectivity index is 1.18. The number of aromatic nitrogens is 3. The number of nitrogens with zero attached hydrogens (tertiary/aromatic N) is 5. The highest BCUT2D eigenvalue weighted by atomic mass is 16.6. The van der Waals surface area contributed by atoms with Crippen molar-refractivity contribution in [2.45, 2.75) is 33.3 Å². The zero-order valence-corrected chi connectivity index (χ0v) is 20.1. The van der Waals surface area contributed by atoms with E-state index in [9.17, 15) is 14.9 Å². The van der Waals surface area contributed by atoms with Crippen LogP contribution in [0.5, 0.6) is 0 Å². The molecule has 2 aliphatic heterocycles. The Labute approximate surface area is 203 Å². The molecule has 9 nitrogen and oxygen atoms in total. The van der Waals surface area contributed by atoms with E-state index in [0.29, 0.717) is 42.8 Å². The van der Waals surface area contributed by atoms with Crippen molar-refractivity contribution >= 4 is 23.0 Å². The number of aromatic amines is 1. The number of nitrogens with one attached hydrogen (secondary N) is 1. The van der Waals surface area contributed by atoms with Gasteiger partial charge in [-0.05, 0) is 53.8 Å². The van der Waals surface area contributed by atoms with Crippen molar-refractivity contribution in [3.05, 3.63) is 58.1 Å². The summed E-state index contributed by atoms with van der Waals surface area (Å²) in [5.74, 6) is 0.684. The fourth-order valence-corrected chi connectivity index (χ4v) is 5.26. The zero-order valence-electron chi connectivity index (χ0n) is 20.1. The smallest absolute Gasteiger partial charge is 0.410 e. The van der Waals surface area contributed by atoms with Gasteiger partial charge in [0.2, 0.25) is 0 Å². The first kappa shape index (κ1) is 22.8. The van der Waals surface area contributed by atoms with E-state index in [1.807, 2.05) is 24.0 Å². The van der Waals surface area contributed by atoms with Crippen LogP contribution in [0.2, 0.25) is 0 Å². The molecular weight excluding hydrogens is 444 g/mol. The molecular formula is C26H28N6O3. The minimum atomic E-state index is -0.328. The van der Waals surface area contributed by atoms with Gasteiger partial charge in [0, 0.05) is 43.6 Å². The average Bonchev–Trinajstić information content (AvgIpc) is 3.56. The van der Waals surface area contributed by atoms with Gasteiger partial charge in [0.25, 0.3) is 5.91 Å². The van der Waals surface area contributed by atoms with Crippen molar-refractivity contribution in [2.24, 2.45) is 11.8 Å². The maximum absolute atomic E-state index is 13.0. The van der Waals surface area contributed by atoms with Crippen molar-refractivity contribution in [3.63, 3.8) is 0 Å². The van der Waals surface area contributed by atoms with Gasteiger partial charge in [-0.15, -0.1) is 0 Å². The molecule has 3 aromatic rings. The zero-order chi connectivity index (χ0) is 24.7. The van der Waals surface area contributed by atoms with Crippen LogP contribution in [0.25, 0.3) is 11.0 Å². The number of fused-ring (bicyclic) bond motifs is 2. The number of hydrogen-bond acceptors (Lipinski definition) is 6. The van der Waals surface area contributed by atoms with Crippen molar-refractivity contribution in [1.82, 2.24) is 25.2 Å². The van der Waals surface area contributed by atoms with Crippen LogP contribution in [0.3, 0.4) is 0 Å². The van der Waals surface area contributed by atoms with Crippen molar-refractivity contribution in [1.29, 1.82) is 5.26 Å². The van der Waals surface area contributed by atoms with E-state index in [0.717, 1.165) is 22.2 Å². The second-order valence-corrected chi connectivity index (χ2v) is 9.85. The van der Waals surface area contributed by atoms with Crippen LogP contribution in [0.1, 0.15) is 52.4 Å². The summed E-state index contributed by atoms with van der Waals surface area (Å²) in [6, 6.07) is 11.4. The van der Waals surface area contributed by atoms with E-state index in [4.69, 9.17) is 4.74 Å². The summed E-state index contributed by atoms with van der Waals surface area (Å²) in [6.07, 6.45) is -0.328. The van der Waals surface area contributed by atoms with Gasteiger partial charge < -0.3 is 14.5 Å². The summed E-state index contributed by atoms with van der Waals surface area (Å²) in [4.78, 5) is 29.5. The lowest BCUT2D eigenvalue weighted by atomic mass is 9.93. The number of H-pyrrole nitrogens is 1. The molecule has 2 amide bonds. The molecule has 0 spiro atoms. The van der Waals surface area contributed by atoms with E-state index in [1.54, 1.807) is 23.1 Å². The third kappa shape index (κ3) is 4.32. The first-order chi connectivity index (χ1) is 16.8. The number of aryl methyl sites for hydroxylation is 1. The molecule has 0 radical (unpaired) electrons. The highest BCUT2D eigenvalue weighted by Crippen LogP contribution is 2.33. The molecule has 35 heavy (non-hydrogen) atoms. The molecule has 1 N–H and O–H groups in total. The summed E-state index contributed by atoms with van der Waals surface area (Å²) in [6.45, 7) is 8.61. The fourth-order valence-electron chi connectivity index (χ4n) is 5.26. The molecule has 2 atom stereocenters. The predicted molar refractivity (Wildman–Crippen MR) is 129 cm³/mol. The third-order valence-corrected chi connectivity index (χ3v) is 7.17. The molecule has 0 bridgehead atoms. The van der Waals surface area contributed by atoms with Gasteiger partial charge in [-0.2, -0.15) is 20.7 Å². The van der Waals surface area contributed by atoms with Crippen molar-refractivity contribution < 1.29 is 14.3 Å². The molecule has 2 saturated heterocycles. The Bertz CT molecular complexity index is 1330. The molecule has 1 aromatic heterocycles. The summed E-state index contributed by atoms with van der Waals surface area (Å²) in [7, 11) is 0. The van der Waals surface area contributed by atoms with Crippen molar-refractivity contribution in [2.75, 3.05) is 26.2 Å². The number of hydrogen-bond donors (Lipinski definition) is 1. The van der Waals surface area contributed by atoms with Gasteiger partial charge >= 0.3 is 6.09 Å². The largest absolute Gasteiger partial charge is 0.445 e. The number of benzene rings is 2. The predicted octanol–water partition coefficient (Wildman–Crippen LogP) is 3.60. The van der Waals surface area contributed by atoms with Gasteiger partial charge in [-0.3, -0.25) is 4.79 Å². The van der Waals surface area contributed by atoms with Crippen LogP contribution in [0.15, 0.2) is 30.3 Å². The van der Waals surface area contributed by atoms with Gasteiger partial charge in [0.15, 0.2) is 0 Å². The molecule has 0 saturated carbocycles. The van der Waals surface area contributed by atoms with Gasteiger partial charge in [-0.25, -0.2) is 4.79 Å². The number of carbonyl (C=O) groups is 2. The van der Waals surface area contributed by atoms with E-state index >= 15 is 0 Å². The molecule has 0 aliphatic carbocycles. The maximum atomic E-state index is 13.0. The second kappa shape index (κ2) is 9.02. The molecule has 2 unspecified atom stereocenters. The van der Waals surface area contributed by atoms with E-state index in [1.165, 1.54) is 0 Å². The van der Waals surface area contributed by atoms with Crippen LogP contribution < -0.4 is 0 Å². The number of carbonyl (C=O) groups excluding carboxylic acids is 2. The molecule has 2 aliphatic rings. The Morgan fingerprint density at radius 1 is 1.09 bits per heavy atom. The van der Waals surface area contributed by atoms with Crippen LogP contribution in [-0.4, -0.2) is 63.4 Å². The highest BCUT2D eigenvalue weighted by molar-refractivity contribution is 5.97. The summed E-state index contributed by atoms with van der Waals surface area (Å²) < 4.78 is 5.68. The van der Waals surface area contributed by atoms with E-state index in [-0.39, 0.29) is 36.4 Å². The Hall–Kier alpha value is -3.93. The van der Waals surface area contributed by atoms with Crippen LogP contribution in [0, 0.1) is 30.1 Å². The summed E-state index contributed by atoms with van der Waals surface area (Å²) in [5.41, 5.74) is 5.48. The van der Waals surface area contributed by atoms with Crippen LogP contribution in [0.4, 0.5) is 4.79 Å². The third-order valence-electron chi connectivity index (χ3n) is 7.17. The first-order valence-corrected chi connectivity index (χ1v) is 11.9. The summed E-state index contributed by atoms with van der Waals surface area (Å²) >= 11 is 0. The lowest BCUT2D eigenvalue weighted by molar-refractivity contribution is 0.0764. The monoisotopic (exact) mass is 472 g/mol. The topological polar surface area (TPSA) is 115 Å². The molecule has 2 aromatic carbocycles. The number of amides is 2. The molecule has 3 heterocycles. The van der Waals surface area contributed by atoms with Crippen LogP contribution >= 0.6 is 0 Å². The second-order valence-electron chi connectivity index (χ2n) is 9.85. The normalized spacial score (nSPS) is 19.3. The molecule has 2 fully saturated rings. The first-order valence-electron chi connectivity index (χ1n) is 11.9. The number of ether oxygens (including phenoxy) is 1. The van der Waals surface area contributed by atoms with Crippen molar-refractivity contribution in [3.8, 4) is 6.07 Å². The Kier molecular flexibility index (Phi) is 5.89. The number of nitriles is 1. The molecule has 9 heteroatoms. The Morgan fingerprint density at radius 3 is 2.46 bits per heavy atom. The quantitative estimate of drug-likeness (QED) is 0.620. The minimum Gasteiger partial charge on any atom is -0.445 e. The number of rotatable bonds is 4. The fraction of sp³-hybridized carbons (Fsp3) is 0.423.